The summed E-state index contributed by atoms with van der Waals surface area (Å²) in [5.41, 5.74) is 3.10. The lowest BCUT2D eigenvalue weighted by Gasteiger charge is -2.34. The Morgan fingerprint density at radius 3 is 2.26 bits per heavy atom. The number of benzene rings is 1. The van der Waals surface area contributed by atoms with E-state index in [9.17, 15) is 0 Å². The van der Waals surface area contributed by atoms with E-state index in [1.165, 1.54) is 43.4 Å². The predicted molar refractivity (Wildman–Crippen MR) is 144 cm³/mol. The number of likely N-dealkylation sites (tertiary alicyclic amines) is 1. The first-order valence-corrected chi connectivity index (χ1v) is 13.5. The number of hydrogen-bond acceptors (Lipinski definition) is 5. The number of anilines is 2. The Balaban J connectivity index is 1.22. The second-order valence-electron chi connectivity index (χ2n) is 11.6. The molecule has 2 aliphatic rings. The summed E-state index contributed by atoms with van der Waals surface area (Å²) in [4.78, 5) is 14.5. The molecule has 1 aromatic heterocycles. The molecule has 1 N–H and O–H groups in total. The zero-order valence-corrected chi connectivity index (χ0v) is 21.9. The van der Waals surface area contributed by atoms with Gasteiger partial charge in [0.25, 0.3) is 0 Å². The number of aromatic nitrogens is 2. The Morgan fingerprint density at radius 2 is 1.62 bits per heavy atom. The van der Waals surface area contributed by atoms with E-state index in [0.717, 1.165) is 57.2 Å². The third-order valence-electron chi connectivity index (χ3n) is 7.47. The number of nitrogens with zero attached hydrogens (tertiary/aromatic N) is 4. The summed E-state index contributed by atoms with van der Waals surface area (Å²) in [5.74, 6) is 2.55. The van der Waals surface area contributed by atoms with Crippen molar-refractivity contribution in [2.45, 2.75) is 84.1 Å². The molecule has 5 nitrogen and oxygen atoms in total. The van der Waals surface area contributed by atoms with Crippen LogP contribution in [0.1, 0.15) is 77.3 Å². The molecule has 1 aromatic carbocycles. The zero-order valence-electron chi connectivity index (χ0n) is 21.9. The van der Waals surface area contributed by atoms with E-state index in [4.69, 9.17) is 4.98 Å². The highest BCUT2D eigenvalue weighted by Crippen LogP contribution is 2.24. The molecule has 5 heteroatoms. The molecule has 3 heterocycles. The molecule has 0 saturated carbocycles. The molecule has 0 spiro atoms. The van der Waals surface area contributed by atoms with Crippen molar-refractivity contribution >= 4 is 11.8 Å². The van der Waals surface area contributed by atoms with Crippen LogP contribution in [0.3, 0.4) is 0 Å². The van der Waals surface area contributed by atoms with Gasteiger partial charge in [-0.1, -0.05) is 64.8 Å². The van der Waals surface area contributed by atoms with Gasteiger partial charge in [0.2, 0.25) is 5.95 Å². The third-order valence-corrected chi connectivity index (χ3v) is 7.47. The molecule has 2 aromatic rings. The first-order chi connectivity index (χ1) is 16.4. The third kappa shape index (κ3) is 7.18. The fourth-order valence-corrected chi connectivity index (χ4v) is 5.39. The summed E-state index contributed by atoms with van der Waals surface area (Å²) in [6.45, 7) is 14.9. The van der Waals surface area contributed by atoms with Gasteiger partial charge >= 0.3 is 0 Å². The lowest BCUT2D eigenvalue weighted by Crippen LogP contribution is -2.41. The van der Waals surface area contributed by atoms with Crippen LogP contribution in [0.5, 0.6) is 0 Å². The van der Waals surface area contributed by atoms with Crippen LogP contribution in [0, 0.1) is 5.92 Å². The average molecular weight is 464 g/mol. The standard InChI is InChI=1S/C29H45N5/c1-23(21-24-9-11-25(12-10-24)29(2,3)4)22-33-19-14-26(15-20-33)31-28-30-16-13-27(32-28)34-17-7-5-6-8-18-34/h9-13,16,23,26H,5-8,14-15,17-22H2,1-4H3,(H,30,31,32). The van der Waals surface area contributed by atoms with E-state index >= 15 is 0 Å². The molecule has 186 valence electrons. The van der Waals surface area contributed by atoms with Crippen molar-refractivity contribution in [1.82, 2.24) is 14.9 Å². The van der Waals surface area contributed by atoms with Gasteiger partial charge in [0.15, 0.2) is 0 Å². The maximum atomic E-state index is 4.86. The van der Waals surface area contributed by atoms with Crippen LogP contribution in [-0.2, 0) is 11.8 Å². The Morgan fingerprint density at radius 1 is 0.941 bits per heavy atom. The van der Waals surface area contributed by atoms with Crippen molar-refractivity contribution < 1.29 is 0 Å². The minimum absolute atomic E-state index is 0.224. The molecule has 2 fully saturated rings. The monoisotopic (exact) mass is 463 g/mol. The van der Waals surface area contributed by atoms with E-state index in [-0.39, 0.29) is 5.41 Å². The molecule has 0 bridgehead atoms. The summed E-state index contributed by atoms with van der Waals surface area (Å²) in [5, 5.41) is 3.63. The van der Waals surface area contributed by atoms with E-state index < -0.39 is 0 Å². The van der Waals surface area contributed by atoms with Crippen LogP contribution < -0.4 is 10.2 Å². The van der Waals surface area contributed by atoms with Crippen LogP contribution in [0.4, 0.5) is 11.8 Å². The van der Waals surface area contributed by atoms with Gasteiger partial charge in [-0.2, -0.15) is 4.98 Å². The first-order valence-electron chi connectivity index (χ1n) is 13.5. The lowest BCUT2D eigenvalue weighted by molar-refractivity contribution is 0.192. The molecule has 2 aliphatic heterocycles. The molecule has 0 radical (unpaired) electrons. The molecule has 1 atom stereocenters. The maximum Gasteiger partial charge on any atom is 0.224 e. The summed E-state index contributed by atoms with van der Waals surface area (Å²) >= 11 is 0. The summed E-state index contributed by atoms with van der Waals surface area (Å²) in [6, 6.07) is 11.8. The molecular weight excluding hydrogens is 418 g/mol. The Kier molecular flexibility index (Phi) is 8.46. The summed E-state index contributed by atoms with van der Waals surface area (Å²) in [7, 11) is 0. The van der Waals surface area contributed by atoms with Crippen molar-refractivity contribution in [2.24, 2.45) is 5.92 Å². The SMILES string of the molecule is CC(Cc1ccc(C(C)(C)C)cc1)CN1CCC(Nc2nccc(N3CCCCCC3)n2)CC1. The van der Waals surface area contributed by atoms with E-state index in [2.05, 4.69) is 78.1 Å². The van der Waals surface area contributed by atoms with Crippen molar-refractivity contribution in [3.05, 3.63) is 47.7 Å². The van der Waals surface area contributed by atoms with E-state index in [0.29, 0.717) is 12.0 Å². The molecule has 1 unspecified atom stereocenters. The number of hydrogen-bond donors (Lipinski definition) is 1. The minimum Gasteiger partial charge on any atom is -0.356 e. The second-order valence-corrected chi connectivity index (χ2v) is 11.6. The van der Waals surface area contributed by atoms with Gasteiger partial charge in [-0.15, -0.1) is 0 Å². The Bertz CT molecular complexity index is 872. The predicted octanol–water partition coefficient (Wildman–Crippen LogP) is 5.91. The van der Waals surface area contributed by atoms with Crippen LogP contribution in [-0.4, -0.2) is 53.6 Å². The molecule has 0 amide bonds. The van der Waals surface area contributed by atoms with E-state index in [1.807, 2.05) is 6.20 Å². The smallest absolute Gasteiger partial charge is 0.224 e. The lowest BCUT2D eigenvalue weighted by atomic mass is 9.86. The van der Waals surface area contributed by atoms with Crippen molar-refractivity contribution in [3.63, 3.8) is 0 Å². The van der Waals surface area contributed by atoms with Gasteiger partial charge in [-0.3, -0.25) is 0 Å². The highest BCUT2D eigenvalue weighted by Gasteiger charge is 2.22. The normalized spacial score (nSPS) is 19.6. The van der Waals surface area contributed by atoms with Crippen LogP contribution in [0.2, 0.25) is 0 Å². The van der Waals surface area contributed by atoms with Gasteiger partial charge in [0, 0.05) is 45.0 Å². The summed E-state index contributed by atoms with van der Waals surface area (Å²) < 4.78 is 0. The highest BCUT2D eigenvalue weighted by atomic mass is 15.2. The fourth-order valence-electron chi connectivity index (χ4n) is 5.39. The van der Waals surface area contributed by atoms with Crippen molar-refractivity contribution in [1.29, 1.82) is 0 Å². The fraction of sp³-hybridized carbons (Fsp3) is 0.655. The average Bonchev–Trinajstić information content (AvgIpc) is 3.10. The highest BCUT2D eigenvalue weighted by molar-refractivity contribution is 5.43. The van der Waals surface area contributed by atoms with Crippen LogP contribution >= 0.6 is 0 Å². The maximum absolute atomic E-state index is 4.86. The molecule has 2 saturated heterocycles. The quantitative estimate of drug-likeness (QED) is 0.553. The zero-order chi connectivity index (χ0) is 24.0. The second kappa shape index (κ2) is 11.5. The molecule has 4 rings (SSSR count). The van der Waals surface area contributed by atoms with Crippen LogP contribution in [0.25, 0.3) is 0 Å². The first kappa shape index (κ1) is 25.0. The van der Waals surface area contributed by atoms with Crippen molar-refractivity contribution in [2.75, 3.05) is 42.9 Å². The summed E-state index contributed by atoms with van der Waals surface area (Å²) in [6.07, 6.45) is 10.6. The molecule has 34 heavy (non-hydrogen) atoms. The Labute approximate surface area is 207 Å². The molecule has 0 aliphatic carbocycles. The number of nitrogens with one attached hydrogen (secondary N) is 1. The van der Waals surface area contributed by atoms with Gasteiger partial charge < -0.3 is 15.1 Å². The minimum atomic E-state index is 0.224. The largest absolute Gasteiger partial charge is 0.356 e. The Hall–Kier alpha value is -2.14. The van der Waals surface area contributed by atoms with Gasteiger partial charge in [-0.05, 0) is 60.6 Å². The molecular formula is C29H45N5. The van der Waals surface area contributed by atoms with Crippen molar-refractivity contribution in [3.8, 4) is 0 Å². The van der Waals surface area contributed by atoms with Gasteiger partial charge in [0.1, 0.15) is 5.82 Å². The van der Waals surface area contributed by atoms with Crippen LogP contribution in [0.15, 0.2) is 36.5 Å². The number of rotatable bonds is 7. The topological polar surface area (TPSA) is 44.3 Å². The van der Waals surface area contributed by atoms with Gasteiger partial charge in [0.05, 0.1) is 0 Å². The van der Waals surface area contributed by atoms with E-state index in [1.54, 1.807) is 0 Å². The van der Waals surface area contributed by atoms with Gasteiger partial charge in [-0.25, -0.2) is 4.98 Å². The number of piperidine rings is 1.